The Balaban J connectivity index is 1.65. The van der Waals surface area contributed by atoms with Crippen LogP contribution in [0.15, 0.2) is 36.4 Å². The van der Waals surface area contributed by atoms with Crippen LogP contribution in [0.4, 0.5) is 17.1 Å². The first-order valence-corrected chi connectivity index (χ1v) is 9.29. The molecule has 0 spiro atoms. The second-order valence-electron chi connectivity index (χ2n) is 6.33. The molecule has 0 atom stereocenters. The summed E-state index contributed by atoms with van der Waals surface area (Å²) in [7, 11) is 3.13. The van der Waals surface area contributed by atoms with Gasteiger partial charge in [0.15, 0.2) is 11.5 Å². The van der Waals surface area contributed by atoms with E-state index in [0.29, 0.717) is 22.2 Å². The Morgan fingerprint density at radius 1 is 1.07 bits per heavy atom. The van der Waals surface area contributed by atoms with Crippen LogP contribution >= 0.6 is 11.6 Å². The Labute approximate surface area is 164 Å². The van der Waals surface area contributed by atoms with Gasteiger partial charge in [-0.1, -0.05) is 11.6 Å². The number of hydrogen-bond acceptors (Lipinski definition) is 5. The molecule has 144 valence electrons. The first-order chi connectivity index (χ1) is 13.1. The number of anilines is 3. The molecule has 1 fully saturated rings. The average Bonchev–Trinajstić information content (AvgIpc) is 3.21. The van der Waals surface area contributed by atoms with Crippen molar-refractivity contribution in [2.24, 2.45) is 0 Å². The predicted octanol–water partition coefficient (Wildman–Crippen LogP) is 4.01. The van der Waals surface area contributed by atoms with Crippen LogP contribution in [0.5, 0.6) is 11.5 Å². The summed E-state index contributed by atoms with van der Waals surface area (Å²) in [6.07, 6.45) is 2.36. The number of carbonyl (C=O) groups excluding carboxylic acids is 1. The van der Waals surface area contributed by atoms with E-state index in [4.69, 9.17) is 21.1 Å². The maximum atomic E-state index is 12.4. The number of benzene rings is 2. The predicted molar refractivity (Wildman–Crippen MR) is 110 cm³/mol. The summed E-state index contributed by atoms with van der Waals surface area (Å²) in [4.78, 5) is 14.7. The van der Waals surface area contributed by atoms with Crippen molar-refractivity contribution in [3.63, 3.8) is 0 Å². The molecule has 2 aromatic rings. The zero-order valence-electron chi connectivity index (χ0n) is 15.5. The molecule has 1 amide bonds. The molecule has 2 N–H and O–H groups in total. The van der Waals surface area contributed by atoms with Gasteiger partial charge in [-0.05, 0) is 43.2 Å². The summed E-state index contributed by atoms with van der Waals surface area (Å²) in [5, 5.41) is 6.71. The summed E-state index contributed by atoms with van der Waals surface area (Å²) in [5.74, 6) is 1.02. The van der Waals surface area contributed by atoms with Crippen LogP contribution in [-0.4, -0.2) is 39.8 Å². The number of hydrogen-bond donors (Lipinski definition) is 2. The third-order valence-electron chi connectivity index (χ3n) is 4.51. The maximum absolute atomic E-state index is 12.4. The Bertz CT molecular complexity index is 807. The summed E-state index contributed by atoms with van der Waals surface area (Å²) in [6.45, 7) is 2.18. The van der Waals surface area contributed by atoms with Gasteiger partial charge in [-0.3, -0.25) is 4.79 Å². The highest BCUT2D eigenvalue weighted by molar-refractivity contribution is 6.31. The number of rotatable bonds is 7. The van der Waals surface area contributed by atoms with Crippen LogP contribution in [0.25, 0.3) is 0 Å². The standard InChI is InChI=1S/C20H24ClN3O3/c1-26-18-8-6-15(12-19(18)27-2)23-20(25)13-22-16-11-14(21)5-7-17(16)24-9-3-4-10-24/h5-8,11-12,22H,3-4,9-10,13H2,1-2H3,(H,23,25). The zero-order chi connectivity index (χ0) is 19.2. The summed E-state index contributed by atoms with van der Waals surface area (Å²) in [6, 6.07) is 11.0. The molecule has 1 heterocycles. The molecule has 6 nitrogen and oxygen atoms in total. The maximum Gasteiger partial charge on any atom is 0.243 e. The Morgan fingerprint density at radius 3 is 2.52 bits per heavy atom. The number of carbonyl (C=O) groups is 1. The molecule has 1 saturated heterocycles. The van der Waals surface area contributed by atoms with Crippen LogP contribution in [0.2, 0.25) is 5.02 Å². The normalized spacial score (nSPS) is 13.4. The van der Waals surface area contributed by atoms with Crippen molar-refractivity contribution >= 4 is 34.6 Å². The lowest BCUT2D eigenvalue weighted by atomic mass is 10.2. The number of methoxy groups -OCH3 is 2. The fraction of sp³-hybridized carbons (Fsp3) is 0.350. The molecule has 0 radical (unpaired) electrons. The molecule has 7 heteroatoms. The molecular weight excluding hydrogens is 366 g/mol. The lowest BCUT2D eigenvalue weighted by Crippen LogP contribution is -2.24. The first kappa shape index (κ1) is 19.2. The number of nitrogens with zero attached hydrogens (tertiary/aromatic N) is 1. The van der Waals surface area contributed by atoms with Gasteiger partial charge in [0, 0.05) is 29.9 Å². The summed E-state index contributed by atoms with van der Waals surface area (Å²) in [5.41, 5.74) is 2.59. The second kappa shape index (κ2) is 8.86. The minimum Gasteiger partial charge on any atom is -0.493 e. The first-order valence-electron chi connectivity index (χ1n) is 8.91. The van der Waals surface area contributed by atoms with Gasteiger partial charge in [-0.25, -0.2) is 0 Å². The smallest absolute Gasteiger partial charge is 0.243 e. The summed E-state index contributed by atoms with van der Waals surface area (Å²) >= 11 is 6.15. The molecule has 0 aromatic heterocycles. The number of amides is 1. The zero-order valence-corrected chi connectivity index (χ0v) is 16.3. The van der Waals surface area contributed by atoms with E-state index in [9.17, 15) is 4.79 Å². The number of ether oxygens (including phenoxy) is 2. The van der Waals surface area contributed by atoms with E-state index in [-0.39, 0.29) is 12.5 Å². The van der Waals surface area contributed by atoms with Crippen LogP contribution in [0.1, 0.15) is 12.8 Å². The monoisotopic (exact) mass is 389 g/mol. The SMILES string of the molecule is COc1ccc(NC(=O)CNc2cc(Cl)ccc2N2CCCC2)cc1OC. The topological polar surface area (TPSA) is 62.8 Å². The highest BCUT2D eigenvalue weighted by atomic mass is 35.5. The molecular formula is C20H24ClN3O3. The van der Waals surface area contributed by atoms with E-state index in [1.165, 1.54) is 12.8 Å². The van der Waals surface area contributed by atoms with Crippen LogP contribution < -0.4 is 25.0 Å². The Hall–Kier alpha value is -2.60. The quantitative estimate of drug-likeness (QED) is 0.749. The largest absolute Gasteiger partial charge is 0.493 e. The van der Waals surface area contributed by atoms with Gasteiger partial charge in [0.2, 0.25) is 5.91 Å². The van der Waals surface area contributed by atoms with Crippen molar-refractivity contribution in [2.75, 3.05) is 49.4 Å². The van der Waals surface area contributed by atoms with E-state index in [0.717, 1.165) is 24.5 Å². The van der Waals surface area contributed by atoms with E-state index >= 15 is 0 Å². The van der Waals surface area contributed by atoms with Crippen molar-refractivity contribution in [1.82, 2.24) is 0 Å². The van der Waals surface area contributed by atoms with E-state index in [1.807, 2.05) is 18.2 Å². The van der Waals surface area contributed by atoms with Crippen LogP contribution in [0, 0.1) is 0 Å². The molecule has 0 saturated carbocycles. The molecule has 27 heavy (non-hydrogen) atoms. The molecule has 3 rings (SSSR count). The van der Waals surface area contributed by atoms with Gasteiger partial charge < -0.3 is 25.0 Å². The van der Waals surface area contributed by atoms with E-state index < -0.39 is 0 Å². The fourth-order valence-electron chi connectivity index (χ4n) is 3.18. The van der Waals surface area contributed by atoms with Crippen LogP contribution in [0.3, 0.4) is 0 Å². The summed E-state index contributed by atoms with van der Waals surface area (Å²) < 4.78 is 10.5. The minimum absolute atomic E-state index is 0.134. The fourth-order valence-corrected chi connectivity index (χ4v) is 3.35. The lowest BCUT2D eigenvalue weighted by Gasteiger charge is -2.22. The molecule has 1 aliphatic heterocycles. The molecule has 0 unspecified atom stereocenters. The van der Waals surface area contributed by atoms with Gasteiger partial charge in [-0.15, -0.1) is 0 Å². The second-order valence-corrected chi connectivity index (χ2v) is 6.76. The van der Waals surface area contributed by atoms with Gasteiger partial charge in [0.1, 0.15) is 0 Å². The number of nitrogens with one attached hydrogen (secondary N) is 2. The average molecular weight is 390 g/mol. The van der Waals surface area contributed by atoms with Crippen molar-refractivity contribution in [2.45, 2.75) is 12.8 Å². The van der Waals surface area contributed by atoms with Gasteiger partial charge in [0.05, 0.1) is 32.1 Å². The van der Waals surface area contributed by atoms with Crippen molar-refractivity contribution in [3.8, 4) is 11.5 Å². The van der Waals surface area contributed by atoms with Gasteiger partial charge in [-0.2, -0.15) is 0 Å². The third-order valence-corrected chi connectivity index (χ3v) is 4.75. The Morgan fingerprint density at radius 2 is 1.81 bits per heavy atom. The highest BCUT2D eigenvalue weighted by Gasteiger charge is 2.16. The lowest BCUT2D eigenvalue weighted by molar-refractivity contribution is -0.114. The van der Waals surface area contributed by atoms with Crippen molar-refractivity contribution in [1.29, 1.82) is 0 Å². The highest BCUT2D eigenvalue weighted by Crippen LogP contribution is 2.32. The molecule has 2 aromatic carbocycles. The van der Waals surface area contributed by atoms with E-state index in [1.54, 1.807) is 32.4 Å². The molecule has 0 bridgehead atoms. The van der Waals surface area contributed by atoms with Crippen molar-refractivity contribution < 1.29 is 14.3 Å². The van der Waals surface area contributed by atoms with Crippen molar-refractivity contribution in [3.05, 3.63) is 41.4 Å². The van der Waals surface area contributed by atoms with E-state index in [2.05, 4.69) is 15.5 Å². The Kier molecular flexibility index (Phi) is 6.29. The molecule has 0 aliphatic carbocycles. The van der Waals surface area contributed by atoms with Gasteiger partial charge in [0.25, 0.3) is 0 Å². The minimum atomic E-state index is -0.158. The third kappa shape index (κ3) is 4.77. The van der Waals surface area contributed by atoms with Crippen LogP contribution in [-0.2, 0) is 4.79 Å². The number of halogens is 1. The molecule has 1 aliphatic rings. The van der Waals surface area contributed by atoms with Gasteiger partial charge >= 0.3 is 0 Å².